The summed E-state index contributed by atoms with van der Waals surface area (Å²) in [5.41, 5.74) is 1.30. The lowest BCUT2D eigenvalue weighted by Crippen LogP contribution is -2.47. The van der Waals surface area contributed by atoms with Crippen LogP contribution in [0.25, 0.3) is 10.9 Å². The van der Waals surface area contributed by atoms with Crippen LogP contribution in [0, 0.1) is 0 Å². The van der Waals surface area contributed by atoms with Crippen LogP contribution in [0.5, 0.6) is 0 Å². The molecule has 4 nitrogen and oxygen atoms in total. The number of amides is 1. The standard InChI is InChI=1S/C15H15ClN2O2/c1-20-10-6-9(7-10)17-15(19)12-8-14(16)18-13-5-3-2-4-11(12)13/h2-5,8-10H,6-7H2,1H3,(H,17,19). The summed E-state index contributed by atoms with van der Waals surface area (Å²) in [5, 5.41) is 4.16. The molecule has 0 saturated heterocycles. The molecule has 0 atom stereocenters. The number of fused-ring (bicyclic) bond motifs is 1. The zero-order valence-corrected chi connectivity index (χ0v) is 11.9. The van der Waals surface area contributed by atoms with Crippen molar-refractivity contribution >= 4 is 28.4 Å². The largest absolute Gasteiger partial charge is 0.381 e. The number of ether oxygens (including phenoxy) is 1. The number of halogens is 1. The summed E-state index contributed by atoms with van der Waals surface area (Å²) in [7, 11) is 1.69. The van der Waals surface area contributed by atoms with Gasteiger partial charge in [0.1, 0.15) is 5.15 Å². The Morgan fingerprint density at radius 2 is 2.15 bits per heavy atom. The minimum absolute atomic E-state index is 0.106. The average molecular weight is 291 g/mol. The number of para-hydroxylation sites is 1. The second-order valence-corrected chi connectivity index (χ2v) is 5.40. The molecule has 104 valence electrons. The SMILES string of the molecule is COC1CC(NC(=O)c2cc(Cl)nc3ccccc23)C1. The van der Waals surface area contributed by atoms with E-state index in [4.69, 9.17) is 16.3 Å². The van der Waals surface area contributed by atoms with E-state index in [2.05, 4.69) is 10.3 Å². The molecule has 1 aliphatic carbocycles. The molecule has 1 saturated carbocycles. The third-order valence-electron chi connectivity index (χ3n) is 3.69. The fraction of sp³-hybridized carbons (Fsp3) is 0.333. The molecule has 1 amide bonds. The summed E-state index contributed by atoms with van der Waals surface area (Å²) in [6, 6.07) is 9.29. The first-order valence-electron chi connectivity index (χ1n) is 6.56. The van der Waals surface area contributed by atoms with Gasteiger partial charge in [0.25, 0.3) is 5.91 Å². The van der Waals surface area contributed by atoms with Crippen molar-refractivity contribution in [2.45, 2.75) is 25.0 Å². The van der Waals surface area contributed by atoms with E-state index in [-0.39, 0.29) is 18.1 Å². The highest BCUT2D eigenvalue weighted by molar-refractivity contribution is 6.30. The summed E-state index contributed by atoms with van der Waals surface area (Å²) in [6.07, 6.45) is 1.98. The zero-order chi connectivity index (χ0) is 14.1. The number of nitrogens with one attached hydrogen (secondary N) is 1. The molecule has 0 radical (unpaired) electrons. The van der Waals surface area contributed by atoms with Gasteiger partial charge in [-0.05, 0) is 25.0 Å². The van der Waals surface area contributed by atoms with Gasteiger partial charge in [0.2, 0.25) is 0 Å². The van der Waals surface area contributed by atoms with Crippen molar-refractivity contribution in [2.24, 2.45) is 0 Å². The Balaban J connectivity index is 1.84. The molecule has 3 rings (SSSR count). The predicted molar refractivity (Wildman–Crippen MR) is 78.0 cm³/mol. The van der Waals surface area contributed by atoms with Crippen molar-refractivity contribution in [2.75, 3.05) is 7.11 Å². The van der Waals surface area contributed by atoms with Gasteiger partial charge < -0.3 is 10.1 Å². The van der Waals surface area contributed by atoms with Crippen LogP contribution in [0.15, 0.2) is 30.3 Å². The molecule has 1 aliphatic rings. The number of pyridine rings is 1. The number of rotatable bonds is 3. The van der Waals surface area contributed by atoms with E-state index >= 15 is 0 Å². The first-order chi connectivity index (χ1) is 9.67. The Morgan fingerprint density at radius 1 is 1.40 bits per heavy atom. The highest BCUT2D eigenvalue weighted by Crippen LogP contribution is 2.25. The van der Waals surface area contributed by atoms with E-state index in [0.29, 0.717) is 10.7 Å². The quantitative estimate of drug-likeness (QED) is 0.885. The van der Waals surface area contributed by atoms with E-state index in [1.54, 1.807) is 13.2 Å². The summed E-state index contributed by atoms with van der Waals surface area (Å²) in [5.74, 6) is -0.106. The maximum Gasteiger partial charge on any atom is 0.252 e. The monoisotopic (exact) mass is 290 g/mol. The average Bonchev–Trinajstić information content (AvgIpc) is 2.41. The van der Waals surface area contributed by atoms with E-state index < -0.39 is 0 Å². The predicted octanol–water partition coefficient (Wildman–Crippen LogP) is 2.80. The van der Waals surface area contributed by atoms with Crippen molar-refractivity contribution in [3.05, 3.63) is 41.0 Å². The molecular formula is C15H15ClN2O2. The topological polar surface area (TPSA) is 51.2 Å². The molecule has 1 heterocycles. The van der Waals surface area contributed by atoms with Gasteiger partial charge in [0, 0.05) is 18.5 Å². The van der Waals surface area contributed by atoms with Gasteiger partial charge in [-0.15, -0.1) is 0 Å². The minimum Gasteiger partial charge on any atom is -0.381 e. The van der Waals surface area contributed by atoms with E-state index in [0.717, 1.165) is 23.7 Å². The molecule has 0 spiro atoms. The first kappa shape index (κ1) is 13.3. The number of hydrogen-bond acceptors (Lipinski definition) is 3. The van der Waals surface area contributed by atoms with Crippen molar-refractivity contribution in [3.63, 3.8) is 0 Å². The molecule has 1 fully saturated rings. The van der Waals surface area contributed by atoms with Crippen molar-refractivity contribution in [1.82, 2.24) is 10.3 Å². The Bertz CT molecular complexity index is 653. The van der Waals surface area contributed by atoms with Crippen LogP contribution >= 0.6 is 11.6 Å². The van der Waals surface area contributed by atoms with Crippen molar-refractivity contribution in [3.8, 4) is 0 Å². The Hall–Kier alpha value is -1.65. The minimum atomic E-state index is -0.106. The van der Waals surface area contributed by atoms with Crippen LogP contribution in [-0.2, 0) is 4.74 Å². The molecule has 0 aliphatic heterocycles. The molecule has 20 heavy (non-hydrogen) atoms. The molecular weight excluding hydrogens is 276 g/mol. The number of carbonyl (C=O) groups excluding carboxylic acids is 1. The summed E-state index contributed by atoms with van der Waals surface area (Å²) in [4.78, 5) is 16.6. The lowest BCUT2D eigenvalue weighted by atomic mass is 9.89. The summed E-state index contributed by atoms with van der Waals surface area (Å²) in [6.45, 7) is 0. The molecule has 1 N–H and O–H groups in total. The number of carbonyl (C=O) groups is 1. The molecule has 2 aromatic rings. The number of methoxy groups -OCH3 is 1. The van der Waals surface area contributed by atoms with Crippen LogP contribution in [0.2, 0.25) is 5.15 Å². The Morgan fingerprint density at radius 3 is 2.90 bits per heavy atom. The van der Waals surface area contributed by atoms with Crippen LogP contribution in [0.1, 0.15) is 23.2 Å². The smallest absolute Gasteiger partial charge is 0.252 e. The molecule has 0 unspecified atom stereocenters. The third kappa shape index (κ3) is 2.49. The van der Waals surface area contributed by atoms with Gasteiger partial charge in [-0.25, -0.2) is 4.98 Å². The zero-order valence-electron chi connectivity index (χ0n) is 11.1. The van der Waals surface area contributed by atoms with Crippen LogP contribution in [-0.4, -0.2) is 30.1 Å². The molecule has 5 heteroatoms. The van der Waals surface area contributed by atoms with Crippen molar-refractivity contribution in [1.29, 1.82) is 0 Å². The van der Waals surface area contributed by atoms with E-state index in [1.807, 2.05) is 24.3 Å². The normalized spacial score (nSPS) is 21.5. The van der Waals surface area contributed by atoms with Crippen LogP contribution in [0.3, 0.4) is 0 Å². The highest BCUT2D eigenvalue weighted by atomic mass is 35.5. The summed E-state index contributed by atoms with van der Waals surface area (Å²) >= 11 is 5.99. The lowest BCUT2D eigenvalue weighted by molar-refractivity contribution is 0.0176. The van der Waals surface area contributed by atoms with Gasteiger partial charge in [0.15, 0.2) is 0 Å². The lowest BCUT2D eigenvalue weighted by Gasteiger charge is -2.34. The second kappa shape index (κ2) is 5.38. The highest BCUT2D eigenvalue weighted by Gasteiger charge is 2.30. The summed E-state index contributed by atoms with van der Waals surface area (Å²) < 4.78 is 5.21. The Kier molecular flexibility index (Phi) is 3.59. The number of nitrogens with zero attached hydrogens (tertiary/aromatic N) is 1. The van der Waals surface area contributed by atoms with Gasteiger partial charge in [0.05, 0.1) is 17.2 Å². The van der Waals surface area contributed by atoms with Crippen LogP contribution in [0.4, 0.5) is 0 Å². The van der Waals surface area contributed by atoms with E-state index in [9.17, 15) is 4.79 Å². The molecule has 1 aromatic carbocycles. The van der Waals surface area contributed by atoms with E-state index in [1.165, 1.54) is 0 Å². The Labute approximate surface area is 122 Å². The van der Waals surface area contributed by atoms with Gasteiger partial charge in [-0.3, -0.25) is 4.79 Å². The van der Waals surface area contributed by atoms with Gasteiger partial charge >= 0.3 is 0 Å². The van der Waals surface area contributed by atoms with Crippen LogP contribution < -0.4 is 5.32 Å². The maximum atomic E-state index is 12.4. The fourth-order valence-corrected chi connectivity index (χ4v) is 2.67. The number of benzene rings is 1. The van der Waals surface area contributed by atoms with Gasteiger partial charge in [-0.1, -0.05) is 29.8 Å². The van der Waals surface area contributed by atoms with Crippen molar-refractivity contribution < 1.29 is 9.53 Å². The molecule has 0 bridgehead atoms. The fourth-order valence-electron chi connectivity index (χ4n) is 2.47. The second-order valence-electron chi connectivity index (χ2n) is 5.01. The maximum absolute atomic E-state index is 12.4. The number of aromatic nitrogens is 1. The first-order valence-corrected chi connectivity index (χ1v) is 6.94. The third-order valence-corrected chi connectivity index (χ3v) is 3.89. The molecule has 1 aromatic heterocycles. The van der Waals surface area contributed by atoms with Gasteiger partial charge in [-0.2, -0.15) is 0 Å². The number of hydrogen-bond donors (Lipinski definition) is 1.